The summed E-state index contributed by atoms with van der Waals surface area (Å²) in [5.74, 6) is 0.562. The summed E-state index contributed by atoms with van der Waals surface area (Å²) in [5.41, 5.74) is 0. The molecule has 20 heavy (non-hydrogen) atoms. The van der Waals surface area contributed by atoms with Crippen LogP contribution in [0.15, 0.2) is 29.1 Å². The molecule has 0 aliphatic heterocycles. The van der Waals surface area contributed by atoms with Crippen molar-refractivity contribution in [2.75, 3.05) is 11.9 Å². The van der Waals surface area contributed by atoms with Gasteiger partial charge in [0.25, 0.3) is 11.9 Å². The van der Waals surface area contributed by atoms with Crippen molar-refractivity contribution in [3.63, 3.8) is 0 Å². The van der Waals surface area contributed by atoms with Crippen LogP contribution in [0, 0.1) is 0 Å². The number of anilines is 1. The Morgan fingerprint density at radius 3 is 2.85 bits per heavy atom. The zero-order valence-corrected chi connectivity index (χ0v) is 12.7. The van der Waals surface area contributed by atoms with Crippen molar-refractivity contribution in [2.24, 2.45) is 0 Å². The van der Waals surface area contributed by atoms with E-state index in [4.69, 9.17) is 4.74 Å². The van der Waals surface area contributed by atoms with Gasteiger partial charge in [0.1, 0.15) is 6.10 Å². The van der Waals surface area contributed by atoms with E-state index in [9.17, 15) is 4.79 Å². The second-order valence-electron chi connectivity index (χ2n) is 3.91. The predicted octanol–water partition coefficient (Wildman–Crippen LogP) is 1.79. The predicted molar refractivity (Wildman–Crippen MR) is 76.6 cm³/mol. The highest BCUT2D eigenvalue weighted by Crippen LogP contribution is 2.21. The zero-order chi connectivity index (χ0) is 14.5. The molecule has 0 radical (unpaired) electrons. The molecule has 0 aliphatic rings. The van der Waals surface area contributed by atoms with Crippen LogP contribution in [-0.4, -0.2) is 38.4 Å². The van der Waals surface area contributed by atoms with Crippen LogP contribution in [0.4, 0.5) is 5.82 Å². The van der Waals surface area contributed by atoms with E-state index in [1.165, 1.54) is 4.68 Å². The van der Waals surface area contributed by atoms with Crippen molar-refractivity contribution in [3.8, 4) is 5.95 Å². The molecule has 2 rings (SSSR count). The summed E-state index contributed by atoms with van der Waals surface area (Å²) >= 11 is 3.34. The summed E-state index contributed by atoms with van der Waals surface area (Å²) in [6.07, 6.45) is 4.38. The average molecular weight is 340 g/mol. The van der Waals surface area contributed by atoms with E-state index in [2.05, 4.69) is 36.3 Å². The fourth-order valence-corrected chi connectivity index (χ4v) is 1.87. The first-order valence-corrected chi connectivity index (χ1v) is 6.86. The number of aromatic nitrogens is 4. The van der Waals surface area contributed by atoms with Crippen molar-refractivity contribution in [1.82, 2.24) is 19.7 Å². The molecule has 0 bridgehead atoms. The molecule has 0 aliphatic carbocycles. The monoisotopic (exact) mass is 339 g/mol. The van der Waals surface area contributed by atoms with Gasteiger partial charge < -0.3 is 10.1 Å². The zero-order valence-electron chi connectivity index (χ0n) is 11.1. The van der Waals surface area contributed by atoms with Crippen LogP contribution in [0.25, 0.3) is 5.95 Å². The number of rotatable bonds is 5. The maximum absolute atomic E-state index is 11.9. The Morgan fingerprint density at radius 1 is 1.50 bits per heavy atom. The van der Waals surface area contributed by atoms with E-state index in [-0.39, 0.29) is 5.91 Å². The summed E-state index contributed by atoms with van der Waals surface area (Å²) < 4.78 is 7.34. The molecule has 0 saturated heterocycles. The largest absolute Gasteiger partial charge is 0.369 e. The summed E-state index contributed by atoms with van der Waals surface area (Å²) in [4.78, 5) is 20.0. The standard InChI is InChI=1S/C12H14BrN5O2/c1-3-20-8(2)11(19)16-10-9(13)7-18(17-10)12-14-5-4-6-15-12/h4-8H,3H2,1-2H3,(H,16,17,19)/t8-/m1/s1. The van der Waals surface area contributed by atoms with Gasteiger partial charge in [-0.05, 0) is 35.8 Å². The fourth-order valence-electron chi connectivity index (χ4n) is 1.49. The van der Waals surface area contributed by atoms with Crippen LogP contribution >= 0.6 is 15.9 Å². The van der Waals surface area contributed by atoms with Crippen LogP contribution in [-0.2, 0) is 9.53 Å². The molecule has 1 amide bonds. The van der Waals surface area contributed by atoms with Crippen LogP contribution < -0.4 is 5.32 Å². The topological polar surface area (TPSA) is 81.9 Å². The molecule has 0 spiro atoms. The van der Waals surface area contributed by atoms with Crippen LogP contribution in [0.5, 0.6) is 0 Å². The Morgan fingerprint density at radius 2 is 2.20 bits per heavy atom. The Balaban J connectivity index is 2.14. The molecule has 1 N–H and O–H groups in total. The van der Waals surface area contributed by atoms with Gasteiger partial charge in [-0.25, -0.2) is 14.6 Å². The molecule has 2 aromatic heterocycles. The number of nitrogens with one attached hydrogen (secondary N) is 1. The van der Waals surface area contributed by atoms with E-state index in [1.807, 2.05) is 6.92 Å². The number of amides is 1. The van der Waals surface area contributed by atoms with Gasteiger partial charge in [0.05, 0.1) is 10.7 Å². The third-order valence-corrected chi connectivity index (χ3v) is 3.03. The van der Waals surface area contributed by atoms with E-state index in [0.29, 0.717) is 22.8 Å². The van der Waals surface area contributed by atoms with Crippen molar-refractivity contribution in [1.29, 1.82) is 0 Å². The highest BCUT2D eigenvalue weighted by atomic mass is 79.9. The molecule has 0 fully saturated rings. The van der Waals surface area contributed by atoms with Crippen molar-refractivity contribution < 1.29 is 9.53 Å². The first-order valence-electron chi connectivity index (χ1n) is 6.06. The molecule has 2 heterocycles. The molecule has 0 saturated carbocycles. The normalized spacial score (nSPS) is 12.2. The maximum Gasteiger partial charge on any atom is 0.254 e. The Hall–Kier alpha value is -1.80. The lowest BCUT2D eigenvalue weighted by atomic mass is 10.4. The fraction of sp³-hybridized carbons (Fsp3) is 0.333. The van der Waals surface area contributed by atoms with Crippen LogP contribution in [0.2, 0.25) is 0 Å². The molecular weight excluding hydrogens is 326 g/mol. The van der Waals surface area contributed by atoms with Gasteiger partial charge in [0.15, 0.2) is 5.82 Å². The highest BCUT2D eigenvalue weighted by molar-refractivity contribution is 9.10. The van der Waals surface area contributed by atoms with Crippen molar-refractivity contribution in [3.05, 3.63) is 29.1 Å². The van der Waals surface area contributed by atoms with Gasteiger partial charge in [-0.15, -0.1) is 5.10 Å². The lowest BCUT2D eigenvalue weighted by Crippen LogP contribution is -2.28. The molecule has 106 valence electrons. The lowest BCUT2D eigenvalue weighted by Gasteiger charge is -2.10. The second kappa shape index (κ2) is 6.58. The quantitative estimate of drug-likeness (QED) is 0.897. The van der Waals surface area contributed by atoms with E-state index in [0.717, 1.165) is 0 Å². The minimum absolute atomic E-state index is 0.258. The first kappa shape index (κ1) is 14.6. The highest BCUT2D eigenvalue weighted by Gasteiger charge is 2.17. The Bertz CT molecular complexity index is 587. The molecule has 2 aromatic rings. The number of hydrogen-bond donors (Lipinski definition) is 1. The van der Waals surface area contributed by atoms with Crippen LogP contribution in [0.3, 0.4) is 0 Å². The smallest absolute Gasteiger partial charge is 0.254 e. The minimum Gasteiger partial charge on any atom is -0.369 e. The van der Waals surface area contributed by atoms with Crippen LogP contribution in [0.1, 0.15) is 13.8 Å². The Labute approximate surface area is 124 Å². The number of nitrogens with zero attached hydrogens (tertiary/aromatic N) is 4. The van der Waals surface area contributed by atoms with Crippen molar-refractivity contribution >= 4 is 27.7 Å². The van der Waals surface area contributed by atoms with E-state index < -0.39 is 6.10 Å². The van der Waals surface area contributed by atoms with Crippen molar-refractivity contribution in [2.45, 2.75) is 20.0 Å². The molecule has 1 atom stereocenters. The molecule has 0 aromatic carbocycles. The molecule has 8 heteroatoms. The van der Waals surface area contributed by atoms with E-state index >= 15 is 0 Å². The minimum atomic E-state index is -0.537. The van der Waals surface area contributed by atoms with Gasteiger partial charge in [0, 0.05) is 19.0 Å². The average Bonchev–Trinajstić information content (AvgIpc) is 2.81. The van der Waals surface area contributed by atoms with Gasteiger partial charge in [-0.2, -0.15) is 0 Å². The third kappa shape index (κ3) is 3.40. The summed E-state index contributed by atoms with van der Waals surface area (Å²) in [6, 6.07) is 1.72. The summed E-state index contributed by atoms with van der Waals surface area (Å²) in [7, 11) is 0. The number of carbonyl (C=O) groups is 1. The summed E-state index contributed by atoms with van der Waals surface area (Å²) in [5, 5.41) is 6.91. The van der Waals surface area contributed by atoms with Gasteiger partial charge >= 0.3 is 0 Å². The number of hydrogen-bond acceptors (Lipinski definition) is 5. The van der Waals surface area contributed by atoms with Gasteiger partial charge in [-0.1, -0.05) is 0 Å². The maximum atomic E-state index is 11.9. The number of ether oxygens (including phenoxy) is 1. The van der Waals surface area contributed by atoms with Gasteiger partial charge in [-0.3, -0.25) is 4.79 Å². The van der Waals surface area contributed by atoms with Gasteiger partial charge in [0.2, 0.25) is 0 Å². The Kier molecular flexibility index (Phi) is 4.80. The third-order valence-electron chi connectivity index (χ3n) is 2.45. The first-order chi connectivity index (χ1) is 9.61. The molecule has 7 nitrogen and oxygen atoms in total. The SMILES string of the molecule is CCO[C@H](C)C(=O)Nc1nn(-c2ncccn2)cc1Br. The molecule has 0 unspecified atom stereocenters. The lowest BCUT2D eigenvalue weighted by molar-refractivity contribution is -0.126. The number of halogens is 1. The number of carbonyl (C=O) groups excluding carboxylic acids is 1. The summed E-state index contributed by atoms with van der Waals surface area (Å²) in [6.45, 7) is 3.99. The van der Waals surface area contributed by atoms with E-state index in [1.54, 1.807) is 31.6 Å². The molecular formula is C12H14BrN5O2. The second-order valence-corrected chi connectivity index (χ2v) is 4.76.